The predicted octanol–water partition coefficient (Wildman–Crippen LogP) is 3.27. The Morgan fingerprint density at radius 2 is 2.09 bits per heavy atom. The van der Waals surface area contributed by atoms with Gasteiger partial charge in [-0.2, -0.15) is 0 Å². The van der Waals surface area contributed by atoms with Crippen molar-refractivity contribution in [3.63, 3.8) is 0 Å². The number of phenolic OH excluding ortho intramolecular Hbond substituents is 1. The second-order valence-electron chi connectivity index (χ2n) is 5.86. The molecule has 4 nitrogen and oxygen atoms in total. The van der Waals surface area contributed by atoms with Gasteiger partial charge in [0.15, 0.2) is 0 Å². The van der Waals surface area contributed by atoms with Crippen LogP contribution in [0.5, 0.6) is 5.75 Å². The number of hydrogen-bond donors (Lipinski definition) is 3. The zero-order valence-electron chi connectivity index (χ0n) is 12.5. The van der Waals surface area contributed by atoms with Crippen molar-refractivity contribution in [2.24, 2.45) is 0 Å². The summed E-state index contributed by atoms with van der Waals surface area (Å²) in [5.74, 6) is 0.298. The fourth-order valence-electron chi connectivity index (χ4n) is 2.93. The van der Waals surface area contributed by atoms with Gasteiger partial charge in [-0.25, -0.2) is 4.98 Å². The third kappa shape index (κ3) is 3.96. The number of aliphatic hydroxyl groups is 1. The first-order valence-electron chi connectivity index (χ1n) is 7.56. The highest BCUT2D eigenvalue weighted by atomic mass is 35.5. The van der Waals surface area contributed by atoms with Gasteiger partial charge in [0.2, 0.25) is 0 Å². The van der Waals surface area contributed by atoms with E-state index >= 15 is 0 Å². The summed E-state index contributed by atoms with van der Waals surface area (Å²) in [7, 11) is 0. The molecule has 0 saturated carbocycles. The lowest BCUT2D eigenvalue weighted by molar-refractivity contribution is 0.168. The number of aryl methyl sites for hydroxylation is 1. The van der Waals surface area contributed by atoms with Gasteiger partial charge in [-0.15, -0.1) is 0 Å². The van der Waals surface area contributed by atoms with Crippen LogP contribution in [0.4, 0.5) is 0 Å². The van der Waals surface area contributed by atoms with Gasteiger partial charge in [-0.3, -0.25) is 0 Å². The van der Waals surface area contributed by atoms with Crippen LogP contribution in [0, 0.1) is 0 Å². The predicted molar refractivity (Wildman–Crippen MR) is 91.1 cm³/mol. The number of rotatable bonds is 4. The van der Waals surface area contributed by atoms with Crippen molar-refractivity contribution in [3.8, 4) is 5.75 Å². The average molecular weight is 353 g/mol. The van der Waals surface area contributed by atoms with Crippen molar-refractivity contribution in [2.45, 2.75) is 31.4 Å². The van der Waals surface area contributed by atoms with Crippen LogP contribution >= 0.6 is 23.2 Å². The third-order valence-corrected chi connectivity index (χ3v) is 4.91. The summed E-state index contributed by atoms with van der Waals surface area (Å²) < 4.78 is 0. The number of phenols is 1. The molecule has 3 rings (SSSR count). The highest BCUT2D eigenvalue weighted by molar-refractivity contribution is 6.41. The Kier molecular flexibility index (Phi) is 5.07. The summed E-state index contributed by atoms with van der Waals surface area (Å²) in [5.41, 5.74) is 3.09. The van der Waals surface area contributed by atoms with E-state index in [1.54, 1.807) is 12.1 Å². The first kappa shape index (κ1) is 16.5. The topological polar surface area (TPSA) is 65.4 Å². The standard InChI is InChI=1S/C17H18Cl2N2O2/c18-15-7-12(8-21-17(15)19)16(23)9-20-13-3-1-10-2-4-14(22)6-11(10)5-13/h2,4,6-8,13,16,20,22-23H,1,3,5,9H2/t13-,16+/m0/s1. The lowest BCUT2D eigenvalue weighted by Crippen LogP contribution is -2.37. The lowest BCUT2D eigenvalue weighted by atomic mass is 9.88. The van der Waals surface area contributed by atoms with Crippen molar-refractivity contribution < 1.29 is 10.2 Å². The Labute approximate surface area is 145 Å². The lowest BCUT2D eigenvalue weighted by Gasteiger charge is -2.26. The van der Waals surface area contributed by atoms with Crippen LogP contribution in [0.3, 0.4) is 0 Å². The number of aliphatic hydroxyl groups excluding tert-OH is 1. The molecule has 1 aliphatic rings. The summed E-state index contributed by atoms with van der Waals surface area (Å²) in [5, 5.41) is 23.8. The summed E-state index contributed by atoms with van der Waals surface area (Å²) in [6, 6.07) is 7.44. The van der Waals surface area contributed by atoms with Crippen LogP contribution in [0.2, 0.25) is 10.2 Å². The zero-order chi connectivity index (χ0) is 16.4. The smallest absolute Gasteiger partial charge is 0.147 e. The van der Waals surface area contributed by atoms with Crippen molar-refractivity contribution in [1.29, 1.82) is 0 Å². The van der Waals surface area contributed by atoms with Gasteiger partial charge < -0.3 is 15.5 Å². The van der Waals surface area contributed by atoms with Gasteiger partial charge in [-0.05, 0) is 48.6 Å². The molecule has 0 spiro atoms. The van der Waals surface area contributed by atoms with Crippen LogP contribution in [-0.4, -0.2) is 27.8 Å². The van der Waals surface area contributed by atoms with E-state index in [9.17, 15) is 10.2 Å². The number of halogens is 2. The maximum absolute atomic E-state index is 10.3. The van der Waals surface area contributed by atoms with E-state index in [1.165, 1.54) is 17.3 Å². The van der Waals surface area contributed by atoms with Gasteiger partial charge >= 0.3 is 0 Å². The zero-order valence-corrected chi connectivity index (χ0v) is 14.0. The van der Waals surface area contributed by atoms with E-state index in [1.807, 2.05) is 12.1 Å². The van der Waals surface area contributed by atoms with Crippen LogP contribution < -0.4 is 5.32 Å². The molecule has 0 saturated heterocycles. The number of fused-ring (bicyclic) bond motifs is 1. The molecule has 122 valence electrons. The maximum atomic E-state index is 10.3. The number of nitrogens with zero attached hydrogens (tertiary/aromatic N) is 1. The summed E-state index contributed by atoms with van der Waals surface area (Å²) in [4.78, 5) is 3.95. The molecule has 6 heteroatoms. The molecular formula is C17H18Cl2N2O2. The highest BCUT2D eigenvalue weighted by Crippen LogP contribution is 2.26. The van der Waals surface area contributed by atoms with Crippen LogP contribution in [-0.2, 0) is 12.8 Å². The van der Waals surface area contributed by atoms with E-state index in [2.05, 4.69) is 10.3 Å². The van der Waals surface area contributed by atoms with E-state index in [4.69, 9.17) is 23.2 Å². The number of benzene rings is 1. The van der Waals surface area contributed by atoms with Gasteiger partial charge in [0, 0.05) is 24.3 Å². The molecule has 1 aromatic carbocycles. The minimum atomic E-state index is -0.692. The first-order valence-corrected chi connectivity index (χ1v) is 8.31. The Bertz CT molecular complexity index is 709. The van der Waals surface area contributed by atoms with Crippen molar-refractivity contribution in [1.82, 2.24) is 10.3 Å². The van der Waals surface area contributed by atoms with E-state index in [-0.39, 0.29) is 11.2 Å². The van der Waals surface area contributed by atoms with Crippen LogP contribution in [0.25, 0.3) is 0 Å². The normalized spacial score (nSPS) is 18.5. The fourth-order valence-corrected chi connectivity index (χ4v) is 3.21. The monoisotopic (exact) mass is 352 g/mol. The highest BCUT2D eigenvalue weighted by Gasteiger charge is 2.20. The summed E-state index contributed by atoms with van der Waals surface area (Å²) in [6.07, 6.45) is 3.66. The Morgan fingerprint density at radius 1 is 1.26 bits per heavy atom. The van der Waals surface area contributed by atoms with Gasteiger partial charge in [0.05, 0.1) is 11.1 Å². The molecular weight excluding hydrogens is 335 g/mol. The molecule has 3 N–H and O–H groups in total. The Hall–Kier alpha value is -1.33. The second-order valence-corrected chi connectivity index (χ2v) is 6.62. The number of pyridine rings is 1. The number of nitrogens with one attached hydrogen (secondary N) is 1. The van der Waals surface area contributed by atoms with E-state index in [0.717, 1.165) is 19.3 Å². The molecule has 1 heterocycles. The Morgan fingerprint density at radius 3 is 2.87 bits per heavy atom. The number of aromatic hydroxyl groups is 1. The van der Waals surface area contributed by atoms with E-state index in [0.29, 0.717) is 22.9 Å². The summed E-state index contributed by atoms with van der Waals surface area (Å²) in [6.45, 7) is 0.415. The molecule has 0 radical (unpaired) electrons. The SMILES string of the molecule is Oc1ccc2c(c1)C[C@@H](NC[C@@H](O)c1cnc(Cl)c(Cl)c1)CC2. The number of aromatic nitrogens is 1. The maximum Gasteiger partial charge on any atom is 0.147 e. The minimum absolute atomic E-state index is 0.235. The molecule has 1 aromatic heterocycles. The molecule has 2 atom stereocenters. The molecule has 0 unspecified atom stereocenters. The second kappa shape index (κ2) is 7.05. The molecule has 2 aromatic rings. The van der Waals surface area contributed by atoms with E-state index < -0.39 is 6.10 Å². The van der Waals surface area contributed by atoms with Crippen molar-refractivity contribution in [2.75, 3.05) is 6.54 Å². The molecule has 23 heavy (non-hydrogen) atoms. The average Bonchev–Trinajstić information content (AvgIpc) is 2.54. The fraction of sp³-hybridized carbons (Fsp3) is 0.353. The minimum Gasteiger partial charge on any atom is -0.508 e. The Balaban J connectivity index is 1.59. The summed E-state index contributed by atoms with van der Waals surface area (Å²) >= 11 is 11.7. The van der Waals surface area contributed by atoms with Gasteiger partial charge in [0.1, 0.15) is 10.9 Å². The molecule has 0 aliphatic heterocycles. The van der Waals surface area contributed by atoms with Crippen molar-refractivity contribution in [3.05, 3.63) is 57.3 Å². The van der Waals surface area contributed by atoms with Gasteiger partial charge in [0.25, 0.3) is 0 Å². The van der Waals surface area contributed by atoms with Crippen molar-refractivity contribution >= 4 is 23.2 Å². The quantitative estimate of drug-likeness (QED) is 0.738. The first-order chi connectivity index (χ1) is 11.0. The van der Waals surface area contributed by atoms with Gasteiger partial charge in [-0.1, -0.05) is 29.3 Å². The number of hydrogen-bond acceptors (Lipinski definition) is 4. The molecule has 1 aliphatic carbocycles. The largest absolute Gasteiger partial charge is 0.508 e. The molecule has 0 fully saturated rings. The third-order valence-electron chi connectivity index (χ3n) is 4.22. The van der Waals surface area contributed by atoms with Crippen LogP contribution in [0.15, 0.2) is 30.5 Å². The molecule has 0 bridgehead atoms. The van der Waals surface area contributed by atoms with Crippen LogP contribution in [0.1, 0.15) is 29.2 Å². The molecule has 0 amide bonds.